The van der Waals surface area contributed by atoms with Crippen molar-refractivity contribution in [1.29, 1.82) is 0 Å². The number of piperidine rings is 1. The number of methoxy groups -OCH3 is 2. The molecule has 0 spiro atoms. The third-order valence-electron chi connectivity index (χ3n) is 8.70. The largest absolute Gasteiger partial charge is 0.493 e. The lowest BCUT2D eigenvalue weighted by Crippen LogP contribution is -2.69. The zero-order valence-corrected chi connectivity index (χ0v) is 28.4. The van der Waals surface area contributed by atoms with E-state index >= 15 is 0 Å². The third kappa shape index (κ3) is 8.19. The quantitative estimate of drug-likeness (QED) is 0.139. The van der Waals surface area contributed by atoms with Gasteiger partial charge in [0.2, 0.25) is 17.1 Å². The summed E-state index contributed by atoms with van der Waals surface area (Å²) in [4.78, 5) is 55.5. The van der Waals surface area contributed by atoms with E-state index in [0.717, 1.165) is 5.56 Å². The molecule has 10 nitrogen and oxygen atoms in total. The van der Waals surface area contributed by atoms with Crippen molar-refractivity contribution < 1.29 is 43.2 Å². The smallest absolute Gasteiger partial charge is 0.344 e. The summed E-state index contributed by atoms with van der Waals surface area (Å²) >= 11 is 0. The second-order valence-corrected chi connectivity index (χ2v) is 13.4. The van der Waals surface area contributed by atoms with E-state index < -0.39 is 46.0 Å². The van der Waals surface area contributed by atoms with Crippen LogP contribution in [0.5, 0.6) is 17.2 Å². The molecule has 2 atom stereocenters. The fourth-order valence-electron chi connectivity index (χ4n) is 5.97. The summed E-state index contributed by atoms with van der Waals surface area (Å²) in [6, 6.07) is 12.3. The fraction of sp³-hybridized carbons (Fsp3) is 0.556. The lowest BCUT2D eigenvalue weighted by molar-refractivity contribution is -0.158. The van der Waals surface area contributed by atoms with E-state index in [4.69, 9.17) is 18.9 Å². The van der Waals surface area contributed by atoms with Crippen molar-refractivity contribution in [3.8, 4) is 17.2 Å². The van der Waals surface area contributed by atoms with Gasteiger partial charge in [0.25, 0.3) is 0 Å². The second-order valence-electron chi connectivity index (χ2n) is 13.4. The number of Topliss-reactive ketones (excluding diaryl/α,β-unsaturated/α-hetero) is 2. The zero-order valence-electron chi connectivity index (χ0n) is 28.4. The molecule has 0 amide bonds. The number of ketones is 2. The van der Waals surface area contributed by atoms with Crippen molar-refractivity contribution in [3.05, 3.63) is 48.0 Å². The van der Waals surface area contributed by atoms with Gasteiger partial charge in [0.05, 0.1) is 14.2 Å². The maximum absolute atomic E-state index is 14.4. The normalized spacial score (nSPS) is 18.4. The average molecular weight is 640 g/mol. The lowest BCUT2D eigenvalue weighted by Gasteiger charge is -2.49. The Morgan fingerprint density at radius 1 is 0.978 bits per heavy atom. The molecule has 1 saturated heterocycles. The molecule has 0 aliphatic carbocycles. The molecule has 1 N–H and O–H groups in total. The molecule has 0 saturated carbocycles. The molecular weight excluding hydrogens is 590 g/mol. The van der Waals surface area contributed by atoms with Crippen LogP contribution in [0, 0.1) is 11.3 Å². The Kier molecular flexibility index (Phi) is 11.9. The van der Waals surface area contributed by atoms with Crippen molar-refractivity contribution in [2.45, 2.75) is 91.2 Å². The van der Waals surface area contributed by atoms with E-state index in [2.05, 4.69) is 0 Å². The number of esters is 1. The Hall–Kier alpha value is -4.08. The van der Waals surface area contributed by atoms with Crippen molar-refractivity contribution in [3.63, 3.8) is 0 Å². The number of hydrogen-bond donors (Lipinski definition) is 1. The SMILES string of the molecule is CCC(C)(C)C(=O)C(=O)C1(C(=O)O)C(CCCc2ccc(OC)c(OC)c2)CCCN1c1cccc(OCC(=O)OC(C)(C)C)c1. The van der Waals surface area contributed by atoms with Gasteiger partial charge in [-0.05, 0) is 89.1 Å². The number of nitrogens with zero attached hydrogens (tertiary/aromatic N) is 1. The van der Waals surface area contributed by atoms with Crippen LogP contribution in [0.3, 0.4) is 0 Å². The first-order chi connectivity index (χ1) is 21.6. The Balaban J connectivity index is 1.99. The maximum Gasteiger partial charge on any atom is 0.344 e. The molecule has 2 aromatic rings. The number of carbonyl (C=O) groups excluding carboxylic acids is 3. The van der Waals surface area contributed by atoms with Gasteiger partial charge < -0.3 is 29.0 Å². The van der Waals surface area contributed by atoms with Gasteiger partial charge in [-0.1, -0.05) is 32.9 Å². The van der Waals surface area contributed by atoms with E-state index in [1.807, 2.05) is 25.1 Å². The van der Waals surface area contributed by atoms with Crippen LogP contribution in [0.15, 0.2) is 42.5 Å². The van der Waals surface area contributed by atoms with Gasteiger partial charge in [-0.15, -0.1) is 0 Å². The second kappa shape index (κ2) is 15.0. The van der Waals surface area contributed by atoms with Crippen molar-refractivity contribution in [1.82, 2.24) is 0 Å². The summed E-state index contributed by atoms with van der Waals surface area (Å²) in [6.45, 7) is 10.3. The number of aryl methyl sites for hydroxylation is 1. The maximum atomic E-state index is 14.4. The molecule has 1 fully saturated rings. The van der Waals surface area contributed by atoms with Crippen molar-refractivity contribution >= 4 is 29.2 Å². The van der Waals surface area contributed by atoms with Gasteiger partial charge in [0, 0.05) is 29.6 Å². The van der Waals surface area contributed by atoms with Crippen LogP contribution >= 0.6 is 0 Å². The first-order valence-electron chi connectivity index (χ1n) is 15.9. The van der Waals surface area contributed by atoms with Crippen LogP contribution in [-0.2, 0) is 30.3 Å². The topological polar surface area (TPSA) is 129 Å². The molecule has 2 aromatic carbocycles. The van der Waals surface area contributed by atoms with Crippen LogP contribution in [0.1, 0.15) is 79.2 Å². The summed E-state index contributed by atoms with van der Waals surface area (Å²) in [6.07, 6.45) is 3.07. The molecule has 1 aliphatic heterocycles. The van der Waals surface area contributed by atoms with Crippen LogP contribution < -0.4 is 19.1 Å². The monoisotopic (exact) mass is 639 g/mol. The minimum Gasteiger partial charge on any atom is -0.493 e. The van der Waals surface area contributed by atoms with Gasteiger partial charge in [0.1, 0.15) is 11.4 Å². The first-order valence-corrected chi connectivity index (χ1v) is 15.9. The van der Waals surface area contributed by atoms with Gasteiger partial charge in [-0.2, -0.15) is 0 Å². The van der Waals surface area contributed by atoms with E-state index in [1.54, 1.807) is 78.0 Å². The molecule has 46 heavy (non-hydrogen) atoms. The highest BCUT2D eigenvalue weighted by Crippen LogP contribution is 2.43. The first kappa shape index (κ1) is 36.4. The van der Waals surface area contributed by atoms with Crippen molar-refractivity contribution in [2.24, 2.45) is 11.3 Å². The highest BCUT2D eigenvalue weighted by atomic mass is 16.6. The van der Waals surface area contributed by atoms with Crippen molar-refractivity contribution in [2.75, 3.05) is 32.3 Å². The Bertz CT molecular complexity index is 1410. The number of rotatable bonds is 15. The molecule has 2 unspecified atom stereocenters. The number of hydrogen-bond acceptors (Lipinski definition) is 9. The summed E-state index contributed by atoms with van der Waals surface area (Å²) in [5.41, 5.74) is -2.43. The number of aliphatic carboxylic acids is 1. The number of anilines is 1. The Morgan fingerprint density at radius 3 is 2.28 bits per heavy atom. The molecular formula is C36H49NO9. The van der Waals surface area contributed by atoms with Crippen LogP contribution in [0.4, 0.5) is 5.69 Å². The Morgan fingerprint density at radius 2 is 1.67 bits per heavy atom. The number of carboxylic acid groups (broad SMARTS) is 1. The van der Waals surface area contributed by atoms with E-state index in [9.17, 15) is 24.3 Å². The highest BCUT2D eigenvalue weighted by Gasteiger charge is 2.61. The summed E-state index contributed by atoms with van der Waals surface area (Å²) in [5.74, 6) is -2.64. The predicted molar refractivity (Wildman–Crippen MR) is 175 cm³/mol. The van der Waals surface area contributed by atoms with Crippen LogP contribution in [0.2, 0.25) is 0 Å². The highest BCUT2D eigenvalue weighted by molar-refractivity contribution is 6.47. The number of carboxylic acids is 1. The van der Waals surface area contributed by atoms with E-state index in [-0.39, 0.29) is 13.2 Å². The Labute approximate surface area is 272 Å². The zero-order chi connectivity index (χ0) is 34.3. The van der Waals surface area contributed by atoms with Crippen LogP contribution in [0.25, 0.3) is 0 Å². The van der Waals surface area contributed by atoms with Gasteiger partial charge >= 0.3 is 11.9 Å². The standard InChI is InChI=1S/C36H49NO9/c1-9-35(5,6)31(39)32(40)36(33(41)42)25(14-10-13-24-18-19-28(43-7)29(21-24)44-8)15-12-20-37(36)26-16-11-17-27(22-26)45-23-30(38)46-34(2,3)4/h11,16-19,21-22,25H,9-10,12-15,20,23H2,1-8H3,(H,41,42). The molecule has 1 heterocycles. The molecule has 252 valence electrons. The molecule has 0 radical (unpaired) electrons. The molecule has 10 heteroatoms. The molecule has 0 aromatic heterocycles. The predicted octanol–water partition coefficient (Wildman–Crippen LogP) is 6.06. The summed E-state index contributed by atoms with van der Waals surface area (Å²) < 4.78 is 21.8. The fourth-order valence-corrected chi connectivity index (χ4v) is 5.97. The number of carbonyl (C=O) groups is 4. The van der Waals surface area contributed by atoms with Gasteiger partial charge in [-0.25, -0.2) is 9.59 Å². The average Bonchev–Trinajstić information content (AvgIpc) is 3.01. The summed E-state index contributed by atoms with van der Waals surface area (Å²) in [7, 11) is 3.14. The van der Waals surface area contributed by atoms with Gasteiger partial charge in [0.15, 0.2) is 18.1 Å². The van der Waals surface area contributed by atoms with Crippen LogP contribution in [-0.4, -0.2) is 67.1 Å². The molecule has 1 aliphatic rings. The van der Waals surface area contributed by atoms with E-state index in [0.29, 0.717) is 61.5 Å². The lowest BCUT2D eigenvalue weighted by atomic mass is 9.67. The third-order valence-corrected chi connectivity index (χ3v) is 8.70. The minimum absolute atomic E-state index is 0.250. The van der Waals surface area contributed by atoms with Gasteiger partial charge in [-0.3, -0.25) is 9.59 Å². The summed E-state index contributed by atoms with van der Waals surface area (Å²) in [5, 5.41) is 11.0. The minimum atomic E-state index is -2.12. The number of benzene rings is 2. The van der Waals surface area contributed by atoms with E-state index in [1.165, 1.54) is 0 Å². The molecule has 3 rings (SSSR count). The molecule has 0 bridgehead atoms. The number of ether oxygens (including phenoxy) is 4.